The highest BCUT2D eigenvalue weighted by atomic mass is 16.7. The average Bonchev–Trinajstić information content (AvgIpc) is 3.04. The number of fused-ring (bicyclic) bond motifs is 1. The summed E-state index contributed by atoms with van der Waals surface area (Å²) >= 11 is 0. The molecule has 1 fully saturated rings. The zero-order chi connectivity index (χ0) is 19.7. The maximum Gasteiger partial charge on any atom is 0.350 e. The fraction of sp³-hybridized carbons (Fsp3) is 0.200. The Labute approximate surface area is 160 Å². The van der Waals surface area contributed by atoms with Gasteiger partial charge >= 0.3 is 11.9 Å². The Hall–Kier alpha value is -3.68. The van der Waals surface area contributed by atoms with Crippen LogP contribution < -0.4 is 5.32 Å². The molecule has 1 aromatic heterocycles. The molecule has 2 aromatic carbocycles. The van der Waals surface area contributed by atoms with Gasteiger partial charge in [0.2, 0.25) is 0 Å². The van der Waals surface area contributed by atoms with E-state index in [2.05, 4.69) is 15.6 Å². The van der Waals surface area contributed by atoms with Crippen molar-refractivity contribution in [1.82, 2.24) is 15.0 Å². The molecule has 4 rings (SSSR count). The van der Waals surface area contributed by atoms with Gasteiger partial charge < -0.3 is 14.8 Å². The first-order chi connectivity index (χ1) is 13.4. The number of carbonyl (C=O) groups is 2. The van der Waals surface area contributed by atoms with Crippen LogP contribution in [0.4, 0.5) is 5.69 Å². The summed E-state index contributed by atoms with van der Waals surface area (Å²) in [6.45, 7) is 3.59. The minimum atomic E-state index is -1.25. The number of cyclic esters (lactones) is 2. The normalized spacial score (nSPS) is 15.9. The molecule has 0 unspecified atom stereocenters. The van der Waals surface area contributed by atoms with Gasteiger partial charge in [0, 0.05) is 25.7 Å². The van der Waals surface area contributed by atoms with Crippen molar-refractivity contribution >= 4 is 28.7 Å². The van der Waals surface area contributed by atoms with Gasteiger partial charge in [-0.25, -0.2) is 14.3 Å². The summed E-state index contributed by atoms with van der Waals surface area (Å²) in [5.41, 5.74) is 3.38. The Kier molecular flexibility index (Phi) is 4.31. The zero-order valence-corrected chi connectivity index (χ0v) is 15.4. The lowest BCUT2D eigenvalue weighted by Gasteiger charge is -2.29. The number of esters is 2. The highest BCUT2D eigenvalue weighted by Crippen LogP contribution is 2.23. The van der Waals surface area contributed by atoms with Crippen LogP contribution in [0.1, 0.15) is 19.4 Å². The van der Waals surface area contributed by atoms with Crippen molar-refractivity contribution in [3.63, 3.8) is 0 Å². The van der Waals surface area contributed by atoms with Crippen molar-refractivity contribution in [1.29, 1.82) is 0 Å². The van der Waals surface area contributed by atoms with E-state index < -0.39 is 17.7 Å². The molecule has 3 aromatic rings. The smallest absolute Gasteiger partial charge is 0.350 e. The topological polar surface area (TPSA) is 95.3 Å². The van der Waals surface area contributed by atoms with E-state index in [0.29, 0.717) is 12.2 Å². The molecular weight excluding hydrogens is 360 g/mol. The SMILES string of the molecule is CC1(C)OC(=O)C(=CNc2ccc(Cn3nnc4ccccc43)cc2)C(=O)O1. The minimum Gasteiger partial charge on any atom is -0.419 e. The first-order valence-electron chi connectivity index (χ1n) is 8.72. The Balaban J connectivity index is 1.45. The Bertz CT molecular complexity index is 1060. The molecule has 0 saturated carbocycles. The number of hydrogen-bond acceptors (Lipinski definition) is 7. The number of anilines is 1. The second kappa shape index (κ2) is 6.80. The quantitative estimate of drug-likeness (QED) is 0.423. The van der Waals surface area contributed by atoms with Crippen molar-refractivity contribution < 1.29 is 19.1 Å². The van der Waals surface area contributed by atoms with E-state index in [9.17, 15) is 9.59 Å². The predicted octanol–water partition coefficient (Wildman–Crippen LogP) is 2.61. The van der Waals surface area contributed by atoms with Gasteiger partial charge in [0.15, 0.2) is 5.57 Å². The molecule has 1 saturated heterocycles. The Morgan fingerprint density at radius 2 is 1.71 bits per heavy atom. The van der Waals surface area contributed by atoms with Crippen molar-refractivity contribution in [2.75, 3.05) is 5.32 Å². The van der Waals surface area contributed by atoms with Crippen LogP contribution in [-0.2, 0) is 25.6 Å². The molecule has 0 spiro atoms. The van der Waals surface area contributed by atoms with Gasteiger partial charge in [-0.1, -0.05) is 29.5 Å². The molecule has 0 radical (unpaired) electrons. The van der Waals surface area contributed by atoms with Crippen LogP contribution in [0.25, 0.3) is 11.0 Å². The zero-order valence-electron chi connectivity index (χ0n) is 15.4. The molecule has 0 bridgehead atoms. The molecule has 1 aliphatic heterocycles. The van der Waals surface area contributed by atoms with Gasteiger partial charge in [-0.3, -0.25) is 0 Å². The van der Waals surface area contributed by atoms with E-state index in [1.165, 1.54) is 20.0 Å². The molecular formula is C20H18N4O4. The van der Waals surface area contributed by atoms with E-state index in [4.69, 9.17) is 9.47 Å². The third kappa shape index (κ3) is 3.57. The van der Waals surface area contributed by atoms with E-state index in [1.54, 1.807) is 0 Å². The van der Waals surface area contributed by atoms with Crippen LogP contribution in [0.15, 0.2) is 60.3 Å². The number of benzene rings is 2. The van der Waals surface area contributed by atoms with Gasteiger partial charge in [-0.15, -0.1) is 5.10 Å². The monoisotopic (exact) mass is 378 g/mol. The Morgan fingerprint density at radius 3 is 2.43 bits per heavy atom. The molecule has 1 N–H and O–H groups in total. The fourth-order valence-electron chi connectivity index (χ4n) is 2.85. The maximum absolute atomic E-state index is 11.9. The second-order valence-corrected chi connectivity index (χ2v) is 6.81. The Morgan fingerprint density at radius 1 is 1.04 bits per heavy atom. The molecule has 2 heterocycles. The summed E-state index contributed by atoms with van der Waals surface area (Å²) in [5.74, 6) is -2.69. The number of nitrogens with zero attached hydrogens (tertiary/aromatic N) is 3. The van der Waals surface area contributed by atoms with Crippen LogP contribution >= 0.6 is 0 Å². The fourth-order valence-corrected chi connectivity index (χ4v) is 2.85. The summed E-state index contributed by atoms with van der Waals surface area (Å²) < 4.78 is 11.9. The van der Waals surface area contributed by atoms with E-state index >= 15 is 0 Å². The molecule has 8 heteroatoms. The third-order valence-corrected chi connectivity index (χ3v) is 4.21. The van der Waals surface area contributed by atoms with Crippen molar-refractivity contribution in [2.45, 2.75) is 26.2 Å². The number of para-hydroxylation sites is 1. The molecule has 142 valence electrons. The first kappa shape index (κ1) is 17.7. The van der Waals surface area contributed by atoms with Gasteiger partial charge in [-0.2, -0.15) is 0 Å². The number of aromatic nitrogens is 3. The number of nitrogens with one attached hydrogen (secondary N) is 1. The number of hydrogen-bond donors (Lipinski definition) is 1. The number of ether oxygens (including phenoxy) is 2. The second-order valence-electron chi connectivity index (χ2n) is 6.81. The predicted molar refractivity (Wildman–Crippen MR) is 101 cm³/mol. The minimum absolute atomic E-state index is 0.183. The van der Waals surface area contributed by atoms with E-state index in [-0.39, 0.29) is 5.57 Å². The average molecular weight is 378 g/mol. The van der Waals surface area contributed by atoms with Crippen LogP contribution in [0.5, 0.6) is 0 Å². The lowest BCUT2D eigenvalue weighted by Crippen LogP contribution is -2.42. The maximum atomic E-state index is 11.9. The van der Waals surface area contributed by atoms with Crippen molar-refractivity contribution in [3.05, 3.63) is 65.9 Å². The first-order valence-corrected chi connectivity index (χ1v) is 8.72. The van der Waals surface area contributed by atoms with Gasteiger partial charge in [-0.05, 0) is 29.8 Å². The van der Waals surface area contributed by atoms with Gasteiger partial charge in [0.25, 0.3) is 5.79 Å². The summed E-state index contributed by atoms with van der Waals surface area (Å²) in [6, 6.07) is 15.3. The van der Waals surface area contributed by atoms with Crippen LogP contribution in [0, 0.1) is 0 Å². The van der Waals surface area contributed by atoms with E-state index in [0.717, 1.165) is 16.6 Å². The standard InChI is InChI=1S/C20H18N4O4/c1-20(2)27-18(25)15(19(26)28-20)11-21-14-9-7-13(8-10-14)12-24-17-6-4-3-5-16(17)22-23-24/h3-11,21H,12H2,1-2H3. The van der Waals surface area contributed by atoms with E-state index in [1.807, 2.05) is 53.2 Å². The molecule has 0 amide bonds. The summed E-state index contributed by atoms with van der Waals surface area (Å²) in [5, 5.41) is 11.2. The lowest BCUT2D eigenvalue weighted by atomic mass is 10.2. The molecule has 1 aliphatic rings. The lowest BCUT2D eigenvalue weighted by molar-refractivity contribution is -0.222. The van der Waals surface area contributed by atoms with Crippen LogP contribution in [0.2, 0.25) is 0 Å². The highest BCUT2D eigenvalue weighted by Gasteiger charge is 2.38. The third-order valence-electron chi connectivity index (χ3n) is 4.21. The highest BCUT2D eigenvalue weighted by molar-refractivity contribution is 6.15. The van der Waals surface area contributed by atoms with Crippen LogP contribution in [0.3, 0.4) is 0 Å². The molecule has 0 atom stereocenters. The number of carbonyl (C=O) groups excluding carboxylic acids is 2. The van der Waals surface area contributed by atoms with Gasteiger partial charge in [0.1, 0.15) is 5.52 Å². The number of rotatable bonds is 4. The summed E-state index contributed by atoms with van der Waals surface area (Å²) in [7, 11) is 0. The van der Waals surface area contributed by atoms with Crippen molar-refractivity contribution in [3.8, 4) is 0 Å². The largest absolute Gasteiger partial charge is 0.419 e. The van der Waals surface area contributed by atoms with Gasteiger partial charge in [0.05, 0.1) is 12.1 Å². The molecule has 8 nitrogen and oxygen atoms in total. The molecule has 28 heavy (non-hydrogen) atoms. The summed E-state index contributed by atoms with van der Waals surface area (Å²) in [6.07, 6.45) is 1.29. The van der Waals surface area contributed by atoms with Crippen molar-refractivity contribution in [2.24, 2.45) is 0 Å². The molecule has 0 aliphatic carbocycles. The van der Waals surface area contributed by atoms with Crippen LogP contribution in [-0.4, -0.2) is 32.7 Å². The summed E-state index contributed by atoms with van der Waals surface area (Å²) in [4.78, 5) is 23.9.